The fourth-order valence-corrected chi connectivity index (χ4v) is 5.05. The predicted molar refractivity (Wildman–Crippen MR) is 131 cm³/mol. The third kappa shape index (κ3) is 6.00. The second kappa shape index (κ2) is 10.9. The largest absolute Gasteiger partial charge is 0.495 e. The van der Waals surface area contributed by atoms with Crippen molar-refractivity contribution >= 4 is 49.7 Å². The maximum absolute atomic E-state index is 13.5. The molecule has 3 aromatic carbocycles. The van der Waals surface area contributed by atoms with Gasteiger partial charge in [0.25, 0.3) is 15.9 Å². The normalized spacial score (nSPS) is 11.2. The molecule has 0 heterocycles. The van der Waals surface area contributed by atoms with Crippen molar-refractivity contribution in [2.24, 2.45) is 5.10 Å². The first-order valence-electron chi connectivity index (χ1n) is 9.79. The number of carboxylic acid groups (broad SMARTS) is 1. The molecule has 0 radical (unpaired) electrons. The van der Waals surface area contributed by atoms with E-state index < -0.39 is 28.4 Å². The number of carboxylic acids is 1. The maximum Gasteiger partial charge on any atom is 0.335 e. The van der Waals surface area contributed by atoms with Crippen molar-refractivity contribution in [3.63, 3.8) is 0 Å². The van der Waals surface area contributed by atoms with Gasteiger partial charge < -0.3 is 9.84 Å². The molecule has 0 bridgehead atoms. The van der Waals surface area contributed by atoms with Gasteiger partial charge in [-0.2, -0.15) is 5.10 Å². The second-order valence-corrected chi connectivity index (χ2v) is 9.61. The Balaban J connectivity index is 1.84. The van der Waals surface area contributed by atoms with E-state index >= 15 is 0 Å². The number of aromatic carboxylic acids is 1. The molecule has 1 amide bonds. The molecule has 0 unspecified atom stereocenters. The molecule has 176 valence electrons. The summed E-state index contributed by atoms with van der Waals surface area (Å²) < 4.78 is 33.8. The number of nitrogens with zero attached hydrogens (tertiary/aromatic N) is 2. The number of carbonyl (C=O) groups is 2. The van der Waals surface area contributed by atoms with Gasteiger partial charge in [0.2, 0.25) is 0 Å². The molecule has 0 saturated heterocycles. The number of anilines is 1. The standard InChI is InChI=1S/C23H20BrN3O6S/c1-33-20-12-11-18(24)13-21(20)34(31,32)27(19-5-3-2-4-6-19)15-22(28)26-25-14-16-7-9-17(10-8-16)23(29)30/h2-14H,15H2,1H3,(H,26,28)(H,29,30)/b25-14-. The molecule has 2 N–H and O–H groups in total. The minimum absolute atomic E-state index is 0.108. The molecule has 0 atom stereocenters. The van der Waals surface area contributed by atoms with E-state index in [1.807, 2.05) is 0 Å². The summed E-state index contributed by atoms with van der Waals surface area (Å²) in [5.74, 6) is -1.60. The number of nitrogens with one attached hydrogen (secondary N) is 1. The number of halogens is 1. The zero-order chi connectivity index (χ0) is 24.7. The number of hydrogen-bond donors (Lipinski definition) is 2. The fourth-order valence-electron chi connectivity index (χ4n) is 2.94. The van der Waals surface area contributed by atoms with Crippen molar-refractivity contribution in [2.75, 3.05) is 18.0 Å². The molecule has 0 aliphatic rings. The van der Waals surface area contributed by atoms with E-state index in [9.17, 15) is 18.0 Å². The number of rotatable bonds is 9. The van der Waals surface area contributed by atoms with Crippen LogP contribution in [0.3, 0.4) is 0 Å². The average Bonchev–Trinajstić information content (AvgIpc) is 2.83. The monoisotopic (exact) mass is 545 g/mol. The number of carbonyl (C=O) groups excluding carboxylic acids is 1. The number of para-hydroxylation sites is 1. The molecule has 11 heteroatoms. The lowest BCUT2D eigenvalue weighted by Crippen LogP contribution is -2.39. The van der Waals surface area contributed by atoms with E-state index in [0.717, 1.165) is 4.31 Å². The zero-order valence-electron chi connectivity index (χ0n) is 17.9. The smallest absolute Gasteiger partial charge is 0.335 e. The molecular weight excluding hydrogens is 526 g/mol. The zero-order valence-corrected chi connectivity index (χ0v) is 20.3. The lowest BCUT2D eigenvalue weighted by Gasteiger charge is -2.24. The van der Waals surface area contributed by atoms with Crippen molar-refractivity contribution in [3.05, 3.63) is 88.4 Å². The summed E-state index contributed by atoms with van der Waals surface area (Å²) in [6, 6.07) is 18.6. The number of hydrogen-bond acceptors (Lipinski definition) is 6. The van der Waals surface area contributed by atoms with Crippen LogP contribution < -0.4 is 14.5 Å². The second-order valence-electron chi connectivity index (χ2n) is 6.86. The van der Waals surface area contributed by atoms with Crippen LogP contribution in [0.5, 0.6) is 5.75 Å². The third-order valence-corrected chi connectivity index (χ3v) is 6.87. The van der Waals surface area contributed by atoms with Gasteiger partial charge in [-0.3, -0.25) is 9.10 Å². The molecule has 0 spiro atoms. The Kier molecular flexibility index (Phi) is 8.03. The fraction of sp³-hybridized carbons (Fsp3) is 0.0870. The van der Waals surface area contributed by atoms with E-state index in [1.165, 1.54) is 49.7 Å². The minimum atomic E-state index is -4.19. The van der Waals surface area contributed by atoms with Crippen LogP contribution >= 0.6 is 15.9 Å². The predicted octanol–water partition coefficient (Wildman–Crippen LogP) is 3.50. The molecule has 3 aromatic rings. The first-order valence-corrected chi connectivity index (χ1v) is 12.0. The molecule has 3 rings (SSSR count). The summed E-state index contributed by atoms with van der Waals surface area (Å²) in [5.41, 5.74) is 3.26. The van der Waals surface area contributed by atoms with E-state index in [4.69, 9.17) is 9.84 Å². The van der Waals surface area contributed by atoms with Crippen molar-refractivity contribution in [1.82, 2.24) is 5.43 Å². The van der Waals surface area contributed by atoms with Crippen LogP contribution in [0.2, 0.25) is 0 Å². The van der Waals surface area contributed by atoms with Gasteiger partial charge in [-0.1, -0.05) is 46.3 Å². The van der Waals surface area contributed by atoms with Gasteiger partial charge in [0.05, 0.1) is 24.6 Å². The number of sulfonamides is 1. The Hall–Kier alpha value is -3.70. The molecule has 0 saturated carbocycles. The molecule has 34 heavy (non-hydrogen) atoms. The Morgan fingerprint density at radius 2 is 1.76 bits per heavy atom. The molecule has 9 nitrogen and oxygen atoms in total. The Labute approximate surface area is 204 Å². The summed E-state index contributed by atoms with van der Waals surface area (Å²) in [6.45, 7) is -0.544. The van der Waals surface area contributed by atoms with Crippen molar-refractivity contribution in [3.8, 4) is 5.75 Å². The van der Waals surface area contributed by atoms with Gasteiger partial charge in [0.1, 0.15) is 17.2 Å². The Bertz CT molecular complexity index is 1310. The van der Waals surface area contributed by atoms with Crippen LogP contribution in [-0.4, -0.2) is 45.3 Å². The number of hydrazone groups is 1. The van der Waals surface area contributed by atoms with Gasteiger partial charge in [0, 0.05) is 4.47 Å². The number of amides is 1. The highest BCUT2D eigenvalue weighted by atomic mass is 79.9. The Morgan fingerprint density at radius 1 is 1.09 bits per heavy atom. The maximum atomic E-state index is 13.5. The minimum Gasteiger partial charge on any atom is -0.495 e. The summed E-state index contributed by atoms with van der Waals surface area (Å²) in [5, 5.41) is 12.8. The van der Waals surface area contributed by atoms with Gasteiger partial charge >= 0.3 is 5.97 Å². The lowest BCUT2D eigenvalue weighted by molar-refractivity contribution is -0.119. The molecule has 0 aliphatic carbocycles. The SMILES string of the molecule is COc1ccc(Br)cc1S(=O)(=O)N(CC(=O)N/N=C\c1ccc(C(=O)O)cc1)c1ccccc1. The van der Waals surface area contributed by atoms with Crippen LogP contribution in [-0.2, 0) is 14.8 Å². The van der Waals surface area contributed by atoms with Crippen LogP contribution in [0.1, 0.15) is 15.9 Å². The highest BCUT2D eigenvalue weighted by molar-refractivity contribution is 9.10. The summed E-state index contributed by atoms with van der Waals surface area (Å²) in [6.07, 6.45) is 1.32. The number of methoxy groups -OCH3 is 1. The van der Waals surface area contributed by atoms with E-state index in [0.29, 0.717) is 10.0 Å². The number of ether oxygens (including phenoxy) is 1. The van der Waals surface area contributed by atoms with Gasteiger partial charge in [-0.25, -0.2) is 18.6 Å². The first-order chi connectivity index (χ1) is 16.2. The first kappa shape index (κ1) is 24.9. The third-order valence-electron chi connectivity index (χ3n) is 4.59. The molecule has 0 aromatic heterocycles. The molecular formula is C23H20BrN3O6S. The van der Waals surface area contributed by atoms with Crippen LogP contribution in [0.15, 0.2) is 87.3 Å². The van der Waals surface area contributed by atoms with Crippen molar-refractivity contribution < 1.29 is 27.9 Å². The molecule has 0 aliphatic heterocycles. The van der Waals surface area contributed by atoms with Gasteiger partial charge in [-0.05, 0) is 48.0 Å². The van der Waals surface area contributed by atoms with Gasteiger partial charge in [-0.15, -0.1) is 0 Å². The number of benzene rings is 3. The summed E-state index contributed by atoms with van der Waals surface area (Å²) in [7, 11) is -2.83. The summed E-state index contributed by atoms with van der Waals surface area (Å²) in [4.78, 5) is 23.4. The molecule has 0 fully saturated rings. The average molecular weight is 546 g/mol. The highest BCUT2D eigenvalue weighted by Gasteiger charge is 2.30. The van der Waals surface area contributed by atoms with Crippen LogP contribution in [0.25, 0.3) is 0 Å². The topological polar surface area (TPSA) is 125 Å². The van der Waals surface area contributed by atoms with E-state index in [1.54, 1.807) is 36.4 Å². The summed E-state index contributed by atoms with van der Waals surface area (Å²) >= 11 is 3.27. The van der Waals surface area contributed by atoms with Crippen molar-refractivity contribution in [1.29, 1.82) is 0 Å². The van der Waals surface area contributed by atoms with Gasteiger partial charge in [0.15, 0.2) is 0 Å². The lowest BCUT2D eigenvalue weighted by atomic mass is 10.1. The Morgan fingerprint density at radius 3 is 2.38 bits per heavy atom. The quantitative estimate of drug-likeness (QED) is 0.313. The van der Waals surface area contributed by atoms with Crippen molar-refractivity contribution in [2.45, 2.75) is 4.90 Å². The van der Waals surface area contributed by atoms with E-state index in [-0.39, 0.29) is 21.9 Å². The van der Waals surface area contributed by atoms with E-state index in [2.05, 4.69) is 26.5 Å². The highest BCUT2D eigenvalue weighted by Crippen LogP contribution is 2.32. The van der Waals surface area contributed by atoms with Crippen LogP contribution in [0.4, 0.5) is 5.69 Å². The van der Waals surface area contributed by atoms with Crippen LogP contribution in [0, 0.1) is 0 Å².